The maximum atomic E-state index is 12.1. The topological polar surface area (TPSA) is 96.0 Å². The first-order chi connectivity index (χ1) is 9.24. The van der Waals surface area contributed by atoms with Crippen molar-refractivity contribution < 1.29 is 13.6 Å². The van der Waals surface area contributed by atoms with Gasteiger partial charge in [-0.25, -0.2) is 8.42 Å². The van der Waals surface area contributed by atoms with Gasteiger partial charge in [0.2, 0.25) is 0 Å². The van der Waals surface area contributed by atoms with E-state index in [4.69, 9.17) is 10.9 Å². The summed E-state index contributed by atoms with van der Waals surface area (Å²) in [6.07, 6.45) is 0.656. The lowest BCUT2D eigenvalue weighted by Gasteiger charge is -2.36. The van der Waals surface area contributed by atoms with Gasteiger partial charge in [0, 0.05) is 35.8 Å². The van der Waals surface area contributed by atoms with Crippen LogP contribution in [0, 0.1) is 5.41 Å². The van der Waals surface area contributed by atoms with E-state index >= 15 is 0 Å². The Morgan fingerprint density at radius 2 is 2.20 bits per heavy atom. The molecule has 0 aromatic carbocycles. The van der Waals surface area contributed by atoms with Gasteiger partial charge in [0.15, 0.2) is 9.84 Å². The van der Waals surface area contributed by atoms with Gasteiger partial charge in [0.1, 0.15) is 11.2 Å². The number of oxime groups is 1. The second-order valence-corrected chi connectivity index (χ2v) is 9.23. The zero-order chi connectivity index (χ0) is 15.4. The molecule has 1 unspecified atom stereocenters. The first-order valence-corrected chi connectivity index (χ1v) is 9.63. The van der Waals surface area contributed by atoms with Gasteiger partial charge >= 0.3 is 0 Å². The van der Waals surface area contributed by atoms with Gasteiger partial charge < -0.3 is 10.9 Å². The standard InChI is InChI=1S/C12H25N3O3S2/c1-4-20(17,18)10-9-19-8-7-15(10)6-5-12(2,3)11(13)14-16/h10,16H,4-9H2,1-3H3,(H2,13,14). The second-order valence-electron chi connectivity index (χ2n) is 5.64. The van der Waals surface area contributed by atoms with E-state index in [1.807, 2.05) is 18.7 Å². The Balaban J connectivity index is 2.74. The molecule has 1 rings (SSSR count). The van der Waals surface area contributed by atoms with Crippen molar-refractivity contribution in [3.63, 3.8) is 0 Å². The number of nitrogens with two attached hydrogens (primary N) is 1. The van der Waals surface area contributed by atoms with Gasteiger partial charge in [-0.3, -0.25) is 4.90 Å². The van der Waals surface area contributed by atoms with Gasteiger partial charge in [-0.2, -0.15) is 11.8 Å². The Morgan fingerprint density at radius 1 is 1.55 bits per heavy atom. The highest BCUT2D eigenvalue weighted by molar-refractivity contribution is 8.01. The van der Waals surface area contributed by atoms with E-state index in [0.29, 0.717) is 18.7 Å². The molecule has 0 aromatic rings. The van der Waals surface area contributed by atoms with Crippen molar-refractivity contribution in [3.8, 4) is 0 Å². The molecule has 1 atom stereocenters. The Kier molecular flexibility index (Phi) is 6.15. The average Bonchev–Trinajstić information content (AvgIpc) is 2.44. The molecule has 1 fully saturated rings. The van der Waals surface area contributed by atoms with Crippen molar-refractivity contribution in [2.24, 2.45) is 16.3 Å². The monoisotopic (exact) mass is 323 g/mol. The second kappa shape index (κ2) is 7.00. The molecule has 1 aliphatic rings. The van der Waals surface area contributed by atoms with Crippen molar-refractivity contribution in [2.75, 3.05) is 30.3 Å². The molecule has 0 saturated carbocycles. The van der Waals surface area contributed by atoms with Gasteiger partial charge in [0.25, 0.3) is 0 Å². The Labute approximate surface area is 125 Å². The number of thioether (sulfide) groups is 1. The maximum absolute atomic E-state index is 12.1. The smallest absolute Gasteiger partial charge is 0.166 e. The van der Waals surface area contributed by atoms with Crippen LogP contribution in [-0.4, -0.2) is 60.1 Å². The third-order valence-corrected chi connectivity index (χ3v) is 7.16. The van der Waals surface area contributed by atoms with E-state index in [-0.39, 0.29) is 11.6 Å². The summed E-state index contributed by atoms with van der Waals surface area (Å²) >= 11 is 1.68. The molecule has 0 aromatic heterocycles. The van der Waals surface area contributed by atoms with Crippen molar-refractivity contribution in [3.05, 3.63) is 0 Å². The third-order valence-electron chi connectivity index (χ3n) is 3.83. The predicted molar refractivity (Wildman–Crippen MR) is 84.0 cm³/mol. The van der Waals surface area contributed by atoms with E-state index in [1.165, 1.54) is 0 Å². The van der Waals surface area contributed by atoms with Gasteiger partial charge in [0.05, 0.1) is 0 Å². The van der Waals surface area contributed by atoms with Crippen LogP contribution >= 0.6 is 11.8 Å². The highest BCUT2D eigenvalue weighted by Crippen LogP contribution is 2.26. The molecular formula is C12H25N3O3S2. The largest absolute Gasteiger partial charge is 0.409 e. The average molecular weight is 323 g/mol. The van der Waals surface area contributed by atoms with Crippen molar-refractivity contribution in [2.45, 2.75) is 32.6 Å². The quantitative estimate of drug-likeness (QED) is 0.327. The molecule has 1 heterocycles. The van der Waals surface area contributed by atoms with Crippen molar-refractivity contribution >= 4 is 27.4 Å². The molecule has 0 aliphatic carbocycles. The Hall–Kier alpha value is -0.470. The molecule has 6 nitrogen and oxygen atoms in total. The summed E-state index contributed by atoms with van der Waals surface area (Å²) in [5.41, 5.74) is 5.23. The number of rotatable bonds is 6. The van der Waals surface area contributed by atoms with Crippen LogP contribution in [0.1, 0.15) is 27.2 Å². The molecule has 118 valence electrons. The summed E-state index contributed by atoms with van der Waals surface area (Å²) in [5, 5.41) is 11.4. The summed E-state index contributed by atoms with van der Waals surface area (Å²) < 4.78 is 24.3. The van der Waals surface area contributed by atoms with Crippen LogP contribution in [-0.2, 0) is 9.84 Å². The fourth-order valence-electron chi connectivity index (χ4n) is 2.08. The van der Waals surface area contributed by atoms with Crippen molar-refractivity contribution in [1.82, 2.24) is 4.90 Å². The number of hydrogen-bond donors (Lipinski definition) is 2. The molecule has 0 spiro atoms. The lowest BCUT2D eigenvalue weighted by Crippen LogP contribution is -2.49. The predicted octanol–water partition coefficient (Wildman–Crippen LogP) is 0.959. The summed E-state index contributed by atoms with van der Waals surface area (Å²) in [4.78, 5) is 2.02. The van der Waals surface area contributed by atoms with E-state index < -0.39 is 20.6 Å². The fraction of sp³-hybridized carbons (Fsp3) is 0.917. The normalized spacial score (nSPS) is 22.9. The first kappa shape index (κ1) is 17.6. The lowest BCUT2D eigenvalue weighted by molar-refractivity contribution is 0.237. The molecule has 1 aliphatic heterocycles. The van der Waals surface area contributed by atoms with Crippen molar-refractivity contribution in [1.29, 1.82) is 0 Å². The summed E-state index contributed by atoms with van der Waals surface area (Å²) in [6, 6.07) is 0. The lowest BCUT2D eigenvalue weighted by atomic mass is 9.88. The molecule has 3 N–H and O–H groups in total. The number of hydrogen-bond acceptors (Lipinski definition) is 6. The Bertz CT molecular complexity index is 449. The molecule has 0 bridgehead atoms. The van der Waals surface area contributed by atoms with Crippen LogP contribution in [0.5, 0.6) is 0 Å². The molecule has 1 saturated heterocycles. The zero-order valence-corrected chi connectivity index (χ0v) is 14.0. The van der Waals surface area contributed by atoms with Crippen LogP contribution in [0.3, 0.4) is 0 Å². The van der Waals surface area contributed by atoms with Crippen LogP contribution in [0.25, 0.3) is 0 Å². The minimum atomic E-state index is -3.07. The highest BCUT2D eigenvalue weighted by atomic mass is 32.2. The van der Waals surface area contributed by atoms with Crippen LogP contribution < -0.4 is 5.73 Å². The number of nitrogens with zero attached hydrogens (tertiary/aromatic N) is 2. The number of sulfone groups is 1. The van der Waals surface area contributed by atoms with Crippen LogP contribution in [0.15, 0.2) is 5.16 Å². The molecule has 8 heteroatoms. The van der Waals surface area contributed by atoms with Gasteiger partial charge in [-0.05, 0) is 6.42 Å². The van der Waals surface area contributed by atoms with Crippen LogP contribution in [0.2, 0.25) is 0 Å². The molecule has 0 radical (unpaired) electrons. The molecule has 20 heavy (non-hydrogen) atoms. The van der Waals surface area contributed by atoms with Gasteiger partial charge in [-0.15, -0.1) is 0 Å². The van der Waals surface area contributed by atoms with E-state index in [0.717, 1.165) is 12.3 Å². The molecule has 0 amide bonds. The maximum Gasteiger partial charge on any atom is 0.166 e. The Morgan fingerprint density at radius 3 is 2.75 bits per heavy atom. The SMILES string of the molecule is CCS(=O)(=O)C1CSCCN1CCC(C)(C)C(N)=NO. The van der Waals surface area contributed by atoms with E-state index in [2.05, 4.69) is 5.16 Å². The molecular weight excluding hydrogens is 298 g/mol. The van der Waals surface area contributed by atoms with Crippen LogP contribution in [0.4, 0.5) is 0 Å². The fourth-order valence-corrected chi connectivity index (χ4v) is 5.19. The highest BCUT2D eigenvalue weighted by Gasteiger charge is 2.34. The minimum absolute atomic E-state index is 0.165. The van der Waals surface area contributed by atoms with E-state index in [1.54, 1.807) is 18.7 Å². The summed E-state index contributed by atoms with van der Waals surface area (Å²) in [6.45, 7) is 6.87. The van der Waals surface area contributed by atoms with E-state index in [9.17, 15) is 8.42 Å². The minimum Gasteiger partial charge on any atom is -0.409 e. The first-order valence-electron chi connectivity index (χ1n) is 6.76. The summed E-state index contributed by atoms with van der Waals surface area (Å²) in [7, 11) is -3.07. The number of amidine groups is 1. The van der Waals surface area contributed by atoms with Gasteiger partial charge in [-0.1, -0.05) is 25.9 Å². The zero-order valence-electron chi connectivity index (χ0n) is 12.4. The third kappa shape index (κ3) is 4.26. The summed E-state index contributed by atoms with van der Waals surface area (Å²) in [5.74, 6) is 1.91.